The van der Waals surface area contributed by atoms with E-state index in [1.807, 2.05) is 24.3 Å². The summed E-state index contributed by atoms with van der Waals surface area (Å²) in [7, 11) is 1.79. The van der Waals surface area contributed by atoms with Gasteiger partial charge in [0.2, 0.25) is 0 Å². The lowest BCUT2D eigenvalue weighted by atomic mass is 10.1. The third kappa shape index (κ3) is 3.11. The van der Waals surface area contributed by atoms with Crippen molar-refractivity contribution in [3.8, 4) is 0 Å². The Labute approximate surface area is 121 Å². The molecule has 2 aromatic carbocycles. The monoisotopic (exact) mass is 292 g/mol. The van der Waals surface area contributed by atoms with E-state index < -0.39 is 11.6 Å². The van der Waals surface area contributed by atoms with Crippen molar-refractivity contribution in [3.63, 3.8) is 0 Å². The fraction of sp³-hybridized carbons (Fsp3) is 0.133. The van der Waals surface area contributed by atoms with E-state index in [4.69, 9.17) is 18.0 Å². The molecule has 0 amide bonds. The summed E-state index contributed by atoms with van der Waals surface area (Å²) in [5.41, 5.74) is 7.45. The Morgan fingerprint density at radius 1 is 1.20 bits per heavy atom. The Bertz CT molecular complexity index is 644. The number of rotatable bonds is 4. The van der Waals surface area contributed by atoms with Crippen LogP contribution in [0.1, 0.15) is 11.1 Å². The zero-order valence-corrected chi connectivity index (χ0v) is 11.8. The van der Waals surface area contributed by atoms with E-state index in [1.54, 1.807) is 18.0 Å². The number of nitrogens with two attached hydrogens (primary N) is 1. The van der Waals surface area contributed by atoms with Crippen LogP contribution in [0.2, 0.25) is 0 Å². The van der Waals surface area contributed by atoms with Gasteiger partial charge in [0, 0.05) is 30.4 Å². The lowest BCUT2D eigenvalue weighted by Crippen LogP contribution is -2.18. The van der Waals surface area contributed by atoms with Crippen molar-refractivity contribution in [2.75, 3.05) is 11.9 Å². The molecule has 0 heterocycles. The van der Waals surface area contributed by atoms with Gasteiger partial charge in [0.25, 0.3) is 0 Å². The highest BCUT2D eigenvalue weighted by molar-refractivity contribution is 7.80. The van der Waals surface area contributed by atoms with E-state index in [9.17, 15) is 8.78 Å². The minimum Gasteiger partial charge on any atom is -0.389 e. The Morgan fingerprint density at radius 3 is 2.60 bits per heavy atom. The van der Waals surface area contributed by atoms with E-state index in [1.165, 1.54) is 6.07 Å². The lowest BCUT2D eigenvalue weighted by molar-refractivity contribution is 0.498. The smallest absolute Gasteiger partial charge is 0.163 e. The highest BCUT2D eigenvalue weighted by atomic mass is 32.1. The fourth-order valence-electron chi connectivity index (χ4n) is 1.91. The molecule has 0 saturated heterocycles. The molecular weight excluding hydrogens is 278 g/mol. The van der Waals surface area contributed by atoms with E-state index in [-0.39, 0.29) is 6.54 Å². The van der Waals surface area contributed by atoms with Crippen LogP contribution in [-0.4, -0.2) is 12.0 Å². The van der Waals surface area contributed by atoms with Crippen molar-refractivity contribution in [2.45, 2.75) is 6.54 Å². The molecule has 0 aliphatic heterocycles. The summed E-state index contributed by atoms with van der Waals surface area (Å²) >= 11 is 4.93. The van der Waals surface area contributed by atoms with Crippen LogP contribution in [0.5, 0.6) is 0 Å². The standard InChI is InChI=1S/C15H14F2N2S/c1-19(9-11-5-3-7-13(16)14(11)17)12-6-2-4-10(8-12)15(18)20/h2-8H,9H2,1H3,(H2,18,20). The number of thiocarbonyl (C=S) groups is 1. The van der Waals surface area contributed by atoms with Crippen LogP contribution < -0.4 is 10.6 Å². The fourth-order valence-corrected chi connectivity index (χ4v) is 2.04. The van der Waals surface area contributed by atoms with Crippen LogP contribution in [0.25, 0.3) is 0 Å². The van der Waals surface area contributed by atoms with Gasteiger partial charge in [-0.05, 0) is 18.2 Å². The van der Waals surface area contributed by atoms with E-state index in [0.717, 1.165) is 17.3 Å². The van der Waals surface area contributed by atoms with Crippen molar-refractivity contribution in [1.29, 1.82) is 0 Å². The number of benzene rings is 2. The van der Waals surface area contributed by atoms with Gasteiger partial charge in [-0.25, -0.2) is 8.78 Å². The average Bonchev–Trinajstić information content (AvgIpc) is 2.44. The van der Waals surface area contributed by atoms with Crippen LogP contribution in [0.3, 0.4) is 0 Å². The predicted octanol–water partition coefficient (Wildman–Crippen LogP) is 3.24. The molecule has 0 atom stereocenters. The minimum atomic E-state index is -0.840. The van der Waals surface area contributed by atoms with Gasteiger partial charge < -0.3 is 10.6 Å². The van der Waals surface area contributed by atoms with E-state index in [0.29, 0.717) is 10.6 Å². The van der Waals surface area contributed by atoms with Gasteiger partial charge in [0.1, 0.15) is 4.99 Å². The minimum absolute atomic E-state index is 0.254. The lowest BCUT2D eigenvalue weighted by Gasteiger charge is -2.20. The molecule has 5 heteroatoms. The van der Waals surface area contributed by atoms with Crippen LogP contribution >= 0.6 is 12.2 Å². The Hall–Kier alpha value is -2.01. The van der Waals surface area contributed by atoms with Crippen LogP contribution in [0, 0.1) is 11.6 Å². The second-order valence-corrected chi connectivity index (χ2v) is 4.92. The van der Waals surface area contributed by atoms with Crippen LogP contribution in [0.4, 0.5) is 14.5 Å². The van der Waals surface area contributed by atoms with Gasteiger partial charge >= 0.3 is 0 Å². The van der Waals surface area contributed by atoms with Gasteiger partial charge in [-0.3, -0.25) is 0 Å². The molecule has 0 radical (unpaired) electrons. The molecule has 0 spiro atoms. The summed E-state index contributed by atoms with van der Waals surface area (Å²) in [6.07, 6.45) is 0. The quantitative estimate of drug-likeness (QED) is 0.877. The zero-order chi connectivity index (χ0) is 14.7. The Morgan fingerprint density at radius 2 is 1.90 bits per heavy atom. The Kier molecular flexibility index (Phi) is 4.29. The third-order valence-electron chi connectivity index (χ3n) is 3.01. The van der Waals surface area contributed by atoms with Gasteiger partial charge in [0.15, 0.2) is 11.6 Å². The topological polar surface area (TPSA) is 29.3 Å². The summed E-state index contributed by atoms with van der Waals surface area (Å²) in [5, 5.41) is 0. The molecule has 0 fully saturated rings. The molecule has 2 rings (SSSR count). The molecule has 0 aliphatic carbocycles. The molecule has 20 heavy (non-hydrogen) atoms. The maximum absolute atomic E-state index is 13.6. The maximum Gasteiger partial charge on any atom is 0.163 e. The number of hydrogen-bond acceptors (Lipinski definition) is 2. The van der Waals surface area contributed by atoms with Crippen molar-refractivity contribution >= 4 is 22.9 Å². The summed E-state index contributed by atoms with van der Waals surface area (Å²) in [6.45, 7) is 0.254. The molecule has 2 N–H and O–H groups in total. The molecule has 0 aliphatic rings. The summed E-state index contributed by atoms with van der Waals surface area (Å²) in [4.78, 5) is 2.11. The van der Waals surface area contributed by atoms with Gasteiger partial charge in [-0.2, -0.15) is 0 Å². The van der Waals surface area contributed by atoms with Crippen molar-refractivity contribution in [2.24, 2.45) is 5.73 Å². The molecule has 2 aromatic rings. The van der Waals surface area contributed by atoms with Crippen LogP contribution in [-0.2, 0) is 6.54 Å². The van der Waals surface area contributed by atoms with Crippen molar-refractivity contribution in [1.82, 2.24) is 0 Å². The average molecular weight is 292 g/mol. The number of hydrogen-bond donors (Lipinski definition) is 1. The Balaban J connectivity index is 2.24. The van der Waals surface area contributed by atoms with E-state index >= 15 is 0 Å². The summed E-state index contributed by atoms with van der Waals surface area (Å²) in [5.74, 6) is -1.65. The van der Waals surface area contributed by atoms with Gasteiger partial charge in [0.05, 0.1) is 0 Å². The first-order valence-corrected chi connectivity index (χ1v) is 6.43. The predicted molar refractivity (Wildman–Crippen MR) is 80.8 cm³/mol. The number of halogens is 2. The largest absolute Gasteiger partial charge is 0.389 e. The maximum atomic E-state index is 13.6. The highest BCUT2D eigenvalue weighted by Crippen LogP contribution is 2.19. The first-order chi connectivity index (χ1) is 9.49. The second kappa shape index (κ2) is 5.96. The summed E-state index contributed by atoms with van der Waals surface area (Å²) < 4.78 is 26.8. The van der Waals surface area contributed by atoms with Crippen LogP contribution in [0.15, 0.2) is 42.5 Å². The van der Waals surface area contributed by atoms with Gasteiger partial charge in [-0.15, -0.1) is 0 Å². The third-order valence-corrected chi connectivity index (χ3v) is 3.25. The second-order valence-electron chi connectivity index (χ2n) is 4.48. The first-order valence-electron chi connectivity index (χ1n) is 6.03. The molecular formula is C15H14F2N2S. The number of nitrogens with zero attached hydrogens (tertiary/aromatic N) is 1. The first kappa shape index (κ1) is 14.4. The molecule has 0 saturated carbocycles. The number of anilines is 1. The van der Waals surface area contributed by atoms with Crippen molar-refractivity contribution < 1.29 is 8.78 Å². The zero-order valence-electron chi connectivity index (χ0n) is 10.9. The highest BCUT2D eigenvalue weighted by Gasteiger charge is 2.10. The van der Waals surface area contributed by atoms with Gasteiger partial charge in [-0.1, -0.05) is 36.5 Å². The molecule has 0 aromatic heterocycles. The molecule has 2 nitrogen and oxygen atoms in total. The van der Waals surface area contributed by atoms with Crippen molar-refractivity contribution in [3.05, 3.63) is 65.2 Å². The summed E-state index contributed by atoms with van der Waals surface area (Å²) in [6, 6.07) is 11.5. The molecule has 104 valence electrons. The normalized spacial score (nSPS) is 10.3. The molecule has 0 bridgehead atoms. The molecule has 0 unspecified atom stereocenters. The SMILES string of the molecule is CN(Cc1cccc(F)c1F)c1cccc(C(N)=S)c1. The van der Waals surface area contributed by atoms with E-state index in [2.05, 4.69) is 0 Å².